The highest BCUT2D eigenvalue weighted by Crippen LogP contribution is 2.30. The van der Waals surface area contributed by atoms with E-state index in [2.05, 4.69) is 11.9 Å². The molecule has 0 aromatic carbocycles. The highest BCUT2D eigenvalue weighted by Gasteiger charge is 2.49. The van der Waals surface area contributed by atoms with Gasteiger partial charge in [0.1, 0.15) is 6.10 Å². The minimum absolute atomic E-state index is 0.0851. The highest BCUT2D eigenvalue weighted by atomic mass is 32.2. The van der Waals surface area contributed by atoms with Crippen LogP contribution in [0.15, 0.2) is 37.0 Å². The van der Waals surface area contributed by atoms with Gasteiger partial charge in [0.25, 0.3) is 0 Å². The summed E-state index contributed by atoms with van der Waals surface area (Å²) in [6.07, 6.45) is 7.19. The van der Waals surface area contributed by atoms with E-state index in [1.165, 1.54) is 31.4 Å². The molecule has 1 aliphatic carbocycles. The molecule has 0 radical (unpaired) electrons. The summed E-state index contributed by atoms with van der Waals surface area (Å²) >= 11 is 0. The minimum atomic E-state index is -4.53. The molecule has 0 saturated heterocycles. The fraction of sp³-hybridized carbons (Fsp3) is 0.500. The summed E-state index contributed by atoms with van der Waals surface area (Å²) in [7, 11) is -3.19. The van der Waals surface area contributed by atoms with Gasteiger partial charge < -0.3 is 14.8 Å². The number of amides is 1. The third-order valence-corrected chi connectivity index (χ3v) is 4.46. The number of rotatable bonds is 9. The highest BCUT2D eigenvalue weighted by molar-refractivity contribution is 7.87. The maximum Gasteiger partial charge on any atom is 0.302 e. The fourth-order valence-corrected chi connectivity index (χ4v) is 2.96. The molecule has 0 aromatic heterocycles. The van der Waals surface area contributed by atoms with E-state index in [9.17, 15) is 17.8 Å². The monoisotopic (exact) mass is 331 g/mol. The second-order valence-electron chi connectivity index (χ2n) is 4.65. The van der Waals surface area contributed by atoms with Crippen molar-refractivity contribution < 1.29 is 27.2 Å². The molecule has 0 fully saturated rings. The molecule has 0 saturated carbocycles. The van der Waals surface area contributed by atoms with Crippen LogP contribution in [0.5, 0.6) is 0 Å². The largest absolute Gasteiger partial charge is 0.373 e. The minimum Gasteiger partial charge on any atom is -0.373 e. The summed E-state index contributed by atoms with van der Waals surface area (Å²) in [6, 6.07) is 0. The number of carbonyl (C=O) groups excluding carboxylic acids is 1. The van der Waals surface area contributed by atoms with Crippen LogP contribution in [-0.4, -0.2) is 50.2 Å². The van der Waals surface area contributed by atoms with Crippen molar-refractivity contribution in [3.05, 3.63) is 37.0 Å². The fourth-order valence-electron chi connectivity index (χ4n) is 2.01. The van der Waals surface area contributed by atoms with Crippen LogP contribution in [-0.2, 0) is 24.4 Å². The summed E-state index contributed by atoms with van der Waals surface area (Å²) in [6.45, 7) is 3.84. The van der Waals surface area contributed by atoms with Crippen LogP contribution in [0.2, 0.25) is 0 Å². The van der Waals surface area contributed by atoms with E-state index in [0.29, 0.717) is 19.4 Å². The lowest BCUT2D eigenvalue weighted by atomic mass is 10.1. The van der Waals surface area contributed by atoms with Crippen LogP contribution >= 0.6 is 0 Å². The Bertz CT molecular complexity index is 554. The van der Waals surface area contributed by atoms with Crippen molar-refractivity contribution in [3.63, 3.8) is 0 Å². The Labute approximate surface area is 130 Å². The predicted octanol–water partition coefficient (Wildman–Crippen LogP) is 0.811. The molecular formula is C14H21NO6S. The van der Waals surface area contributed by atoms with Crippen LogP contribution in [0.1, 0.15) is 12.8 Å². The van der Waals surface area contributed by atoms with Crippen LogP contribution in [0.4, 0.5) is 0 Å². The maximum atomic E-state index is 11.7. The van der Waals surface area contributed by atoms with E-state index < -0.39 is 21.2 Å². The Morgan fingerprint density at radius 2 is 2.18 bits per heavy atom. The molecule has 22 heavy (non-hydrogen) atoms. The molecule has 124 valence electrons. The second kappa shape index (κ2) is 8.23. The topological polar surface area (TPSA) is 102 Å². The summed E-state index contributed by atoms with van der Waals surface area (Å²) in [5.74, 6) is -0.268. The molecule has 1 amide bonds. The molecule has 1 rings (SSSR count). The predicted molar refractivity (Wildman–Crippen MR) is 81.7 cm³/mol. The normalized spacial score (nSPS) is 24.2. The van der Waals surface area contributed by atoms with Crippen LogP contribution in [0.3, 0.4) is 0 Å². The van der Waals surface area contributed by atoms with Crippen molar-refractivity contribution in [2.45, 2.75) is 23.9 Å². The lowest BCUT2D eigenvalue weighted by molar-refractivity contribution is -0.116. The van der Waals surface area contributed by atoms with Gasteiger partial charge in [0.2, 0.25) is 10.8 Å². The van der Waals surface area contributed by atoms with Gasteiger partial charge in [-0.15, -0.1) is 0 Å². The lowest BCUT2D eigenvalue weighted by Gasteiger charge is -2.34. The Balaban J connectivity index is 2.58. The average Bonchev–Trinajstić information content (AvgIpc) is 2.49. The number of hydrogen-bond acceptors (Lipinski definition) is 5. The van der Waals surface area contributed by atoms with Gasteiger partial charge in [-0.2, -0.15) is 8.42 Å². The van der Waals surface area contributed by atoms with E-state index in [-0.39, 0.29) is 12.5 Å². The molecule has 0 heterocycles. The van der Waals surface area contributed by atoms with Crippen molar-refractivity contribution >= 4 is 16.0 Å². The van der Waals surface area contributed by atoms with Gasteiger partial charge in [-0.3, -0.25) is 9.35 Å². The quantitative estimate of drug-likeness (QED) is 0.368. The zero-order valence-electron chi connectivity index (χ0n) is 12.4. The number of unbranched alkanes of at least 4 members (excludes halogenated alkanes) is 1. The maximum absolute atomic E-state index is 11.7. The molecule has 1 aliphatic rings. The lowest BCUT2D eigenvalue weighted by Crippen LogP contribution is -2.51. The van der Waals surface area contributed by atoms with Gasteiger partial charge >= 0.3 is 10.1 Å². The number of hydrogen-bond donors (Lipinski definition) is 2. The van der Waals surface area contributed by atoms with Crippen molar-refractivity contribution in [2.24, 2.45) is 0 Å². The number of ether oxygens (including phenoxy) is 2. The molecule has 2 atom stereocenters. The molecule has 2 unspecified atom stereocenters. The van der Waals surface area contributed by atoms with Crippen LogP contribution < -0.4 is 5.32 Å². The van der Waals surface area contributed by atoms with Gasteiger partial charge in [0.15, 0.2) is 0 Å². The Kier molecular flexibility index (Phi) is 6.95. The number of methoxy groups -OCH3 is 1. The molecule has 8 heteroatoms. The van der Waals surface area contributed by atoms with Gasteiger partial charge in [-0.1, -0.05) is 24.8 Å². The molecule has 2 N–H and O–H groups in total. The van der Waals surface area contributed by atoms with Gasteiger partial charge in [-0.05, 0) is 25.0 Å². The first-order valence-electron chi connectivity index (χ1n) is 6.77. The van der Waals surface area contributed by atoms with E-state index in [1.807, 2.05) is 0 Å². The average molecular weight is 331 g/mol. The smallest absolute Gasteiger partial charge is 0.302 e. The number of allylic oxidation sites excluding steroid dienone is 2. The first kappa shape index (κ1) is 18.6. The summed E-state index contributed by atoms with van der Waals surface area (Å²) in [4.78, 5) is 9.01. The van der Waals surface area contributed by atoms with Gasteiger partial charge in [0.05, 0.1) is 0 Å². The number of nitrogens with one attached hydrogen (secondary N) is 1. The summed E-state index contributed by atoms with van der Waals surface area (Å²) in [5.41, 5.74) is 0. The zero-order chi connectivity index (χ0) is 16.6. The Morgan fingerprint density at radius 1 is 1.45 bits per heavy atom. The molecule has 0 aliphatic heterocycles. The zero-order valence-corrected chi connectivity index (χ0v) is 13.2. The molecular weight excluding hydrogens is 310 g/mol. The first-order valence-corrected chi connectivity index (χ1v) is 8.21. The first-order chi connectivity index (χ1) is 10.4. The van der Waals surface area contributed by atoms with Crippen molar-refractivity contribution in [3.8, 4) is 0 Å². The third-order valence-electron chi connectivity index (χ3n) is 3.16. The van der Waals surface area contributed by atoms with Gasteiger partial charge in [-0.25, -0.2) is 0 Å². The Morgan fingerprint density at radius 3 is 2.77 bits per heavy atom. The van der Waals surface area contributed by atoms with Crippen molar-refractivity contribution in [1.29, 1.82) is 0 Å². The van der Waals surface area contributed by atoms with Crippen molar-refractivity contribution in [2.75, 3.05) is 20.3 Å². The van der Waals surface area contributed by atoms with E-state index >= 15 is 0 Å². The van der Waals surface area contributed by atoms with Crippen LogP contribution in [0, 0.1) is 0 Å². The standard InChI is InChI=1S/C14H21NO6S/c1-3-13(16)15-10-6-7-11-21-14(22(17,18)19)9-5-4-8-12(14)20-2/h3-5,8-9,12H,1,6-7,10-11H2,2H3,(H,15,16)(H,17,18,19). The number of carbonyl (C=O) groups is 1. The van der Waals surface area contributed by atoms with E-state index in [4.69, 9.17) is 9.47 Å². The molecule has 0 spiro atoms. The van der Waals surface area contributed by atoms with E-state index in [1.54, 1.807) is 6.08 Å². The van der Waals surface area contributed by atoms with Crippen molar-refractivity contribution in [1.82, 2.24) is 5.32 Å². The Hall–Kier alpha value is -1.48. The third kappa shape index (κ3) is 4.51. The summed E-state index contributed by atoms with van der Waals surface area (Å²) < 4.78 is 43.5. The summed E-state index contributed by atoms with van der Waals surface area (Å²) in [5, 5.41) is 2.60. The van der Waals surface area contributed by atoms with E-state index in [0.717, 1.165) is 0 Å². The van der Waals surface area contributed by atoms with Gasteiger partial charge in [0, 0.05) is 20.3 Å². The molecule has 0 bridgehead atoms. The SMILES string of the molecule is C=CC(=O)NCCCCOC1(S(=O)(=O)O)C=CC=CC1OC. The second-order valence-corrected chi connectivity index (χ2v) is 6.24. The molecule has 0 aromatic rings. The van der Waals surface area contributed by atoms with Crippen LogP contribution in [0.25, 0.3) is 0 Å². The molecule has 7 nitrogen and oxygen atoms in total.